The van der Waals surface area contributed by atoms with Crippen molar-refractivity contribution in [1.29, 1.82) is 0 Å². The van der Waals surface area contributed by atoms with E-state index in [0.29, 0.717) is 48.9 Å². The Kier molecular flexibility index (Phi) is 5.76. The maximum absolute atomic E-state index is 14.1. The van der Waals surface area contributed by atoms with Crippen LogP contribution in [0.15, 0.2) is 30.3 Å². The summed E-state index contributed by atoms with van der Waals surface area (Å²) in [6.07, 6.45) is 2.94. The average molecular weight is 498 g/mol. The molecule has 7 nitrogen and oxygen atoms in total. The topological polar surface area (TPSA) is 92.9 Å². The first-order valence-corrected chi connectivity index (χ1v) is 12.2. The summed E-state index contributed by atoms with van der Waals surface area (Å²) in [5.74, 6) is -2.18. The number of halogens is 2. The Bertz CT molecular complexity index is 1350. The van der Waals surface area contributed by atoms with E-state index in [1.165, 1.54) is 22.7 Å². The molecule has 1 unspecified atom stereocenters. The Balaban J connectivity index is 1.43. The fraction of sp³-hybridized carbons (Fsp3) is 0.444. The molecule has 2 heterocycles. The van der Waals surface area contributed by atoms with Crippen molar-refractivity contribution in [3.63, 3.8) is 0 Å². The van der Waals surface area contributed by atoms with Crippen LogP contribution in [-0.2, 0) is 11.4 Å². The Labute approximate surface area is 207 Å². The van der Waals surface area contributed by atoms with Gasteiger partial charge in [-0.05, 0) is 75.6 Å². The molecule has 190 valence electrons. The monoisotopic (exact) mass is 497 g/mol. The number of benzene rings is 1. The number of hydrogen-bond acceptors (Lipinski definition) is 4. The number of hydrogen-bond donors (Lipinski definition) is 2. The van der Waals surface area contributed by atoms with Crippen LogP contribution in [0.2, 0.25) is 0 Å². The third-order valence-corrected chi connectivity index (χ3v) is 8.22. The van der Waals surface area contributed by atoms with E-state index in [4.69, 9.17) is 4.74 Å². The van der Waals surface area contributed by atoms with E-state index >= 15 is 0 Å². The summed E-state index contributed by atoms with van der Waals surface area (Å²) in [6, 6.07) is 7.16. The molecule has 0 radical (unpaired) electrons. The Morgan fingerprint density at radius 3 is 2.44 bits per heavy atom. The zero-order valence-corrected chi connectivity index (χ0v) is 20.5. The van der Waals surface area contributed by atoms with E-state index in [2.05, 4.69) is 10.4 Å². The third-order valence-electron chi connectivity index (χ3n) is 8.22. The molecule has 9 heteroatoms. The quantitative estimate of drug-likeness (QED) is 0.502. The van der Waals surface area contributed by atoms with Gasteiger partial charge in [0, 0.05) is 11.6 Å². The summed E-state index contributed by atoms with van der Waals surface area (Å²) < 4.78 is 35.4. The van der Waals surface area contributed by atoms with Crippen molar-refractivity contribution in [3.05, 3.63) is 64.4 Å². The van der Waals surface area contributed by atoms with Crippen LogP contribution in [0.3, 0.4) is 0 Å². The fourth-order valence-corrected chi connectivity index (χ4v) is 6.12. The number of carbonyl (C=O) groups is 2. The SMILES string of the molecule is Cc1cc(OCc2c(F)cccc2F)n2nc(C)c(C(=O)NC34CCC(C(=O)O)(CC3)C(C)C4)c2c1. The molecule has 3 fully saturated rings. The van der Waals surface area contributed by atoms with Crippen molar-refractivity contribution in [2.24, 2.45) is 11.3 Å². The number of pyridine rings is 1. The van der Waals surface area contributed by atoms with E-state index < -0.39 is 28.6 Å². The van der Waals surface area contributed by atoms with Crippen molar-refractivity contribution in [1.82, 2.24) is 14.9 Å². The number of carboxylic acids is 1. The summed E-state index contributed by atoms with van der Waals surface area (Å²) in [4.78, 5) is 25.5. The zero-order chi connectivity index (χ0) is 25.8. The molecular weight excluding hydrogens is 468 g/mol. The van der Waals surface area contributed by atoms with Crippen LogP contribution in [0.4, 0.5) is 8.78 Å². The molecule has 3 saturated carbocycles. The Morgan fingerprint density at radius 2 is 1.83 bits per heavy atom. The number of aromatic nitrogens is 2. The van der Waals surface area contributed by atoms with Gasteiger partial charge in [0.05, 0.1) is 27.8 Å². The molecule has 1 aromatic carbocycles. The van der Waals surface area contributed by atoms with Gasteiger partial charge in [-0.1, -0.05) is 13.0 Å². The normalized spacial score (nSPS) is 25.2. The predicted octanol–water partition coefficient (Wildman–Crippen LogP) is 4.96. The van der Waals surface area contributed by atoms with Crippen LogP contribution >= 0.6 is 0 Å². The minimum atomic E-state index is -0.744. The maximum Gasteiger partial charge on any atom is 0.309 e. The largest absolute Gasteiger partial charge is 0.481 e. The van der Waals surface area contributed by atoms with Crippen molar-refractivity contribution < 1.29 is 28.2 Å². The lowest BCUT2D eigenvalue weighted by Gasteiger charge is -2.55. The highest BCUT2D eigenvalue weighted by molar-refractivity contribution is 6.02. The lowest BCUT2D eigenvalue weighted by Crippen LogP contribution is -2.61. The number of carboxylic acid groups (broad SMARTS) is 1. The molecule has 0 aliphatic heterocycles. The van der Waals surface area contributed by atoms with Crippen molar-refractivity contribution >= 4 is 17.4 Å². The average Bonchev–Trinajstić information content (AvgIpc) is 3.14. The van der Waals surface area contributed by atoms with Crippen molar-refractivity contribution in [2.45, 2.75) is 65.0 Å². The second-order valence-corrected chi connectivity index (χ2v) is 10.4. The first-order chi connectivity index (χ1) is 17.0. The number of aliphatic carboxylic acids is 1. The molecule has 1 amide bonds. The molecule has 1 atom stereocenters. The molecule has 0 saturated heterocycles. The number of carbonyl (C=O) groups excluding carboxylic acids is 1. The molecule has 0 spiro atoms. The van der Waals surface area contributed by atoms with Crippen LogP contribution in [-0.4, -0.2) is 32.1 Å². The van der Waals surface area contributed by atoms with Gasteiger partial charge in [-0.15, -0.1) is 0 Å². The maximum atomic E-state index is 14.1. The minimum Gasteiger partial charge on any atom is -0.481 e. The number of amides is 1. The molecule has 6 rings (SSSR count). The van der Waals surface area contributed by atoms with Gasteiger partial charge in [0.1, 0.15) is 18.2 Å². The first kappa shape index (κ1) is 24.2. The summed E-state index contributed by atoms with van der Waals surface area (Å²) in [5, 5.41) is 17.5. The van der Waals surface area contributed by atoms with E-state index in [-0.39, 0.29) is 29.9 Å². The highest BCUT2D eigenvalue weighted by Crippen LogP contribution is 2.55. The number of nitrogens with zero attached hydrogens (tertiary/aromatic N) is 2. The van der Waals surface area contributed by atoms with Gasteiger partial charge in [0.15, 0.2) is 0 Å². The molecule has 2 aromatic heterocycles. The minimum absolute atomic E-state index is 0.0381. The number of aryl methyl sites for hydroxylation is 2. The number of fused-ring (bicyclic) bond motifs is 4. The van der Waals surface area contributed by atoms with Gasteiger partial charge in [-0.25, -0.2) is 8.78 Å². The van der Waals surface area contributed by atoms with Gasteiger partial charge in [0.2, 0.25) is 5.88 Å². The highest BCUT2D eigenvalue weighted by Gasteiger charge is 2.57. The van der Waals surface area contributed by atoms with Crippen LogP contribution in [0.25, 0.3) is 5.52 Å². The number of ether oxygens (including phenoxy) is 1. The molecule has 36 heavy (non-hydrogen) atoms. The molecule has 3 aliphatic rings. The molecule has 2 N–H and O–H groups in total. The second-order valence-electron chi connectivity index (χ2n) is 10.4. The van der Waals surface area contributed by atoms with Gasteiger partial charge >= 0.3 is 5.97 Å². The highest BCUT2D eigenvalue weighted by atomic mass is 19.1. The predicted molar refractivity (Wildman–Crippen MR) is 128 cm³/mol. The van der Waals surface area contributed by atoms with Crippen LogP contribution in [0.1, 0.15) is 66.2 Å². The summed E-state index contributed by atoms with van der Waals surface area (Å²) in [7, 11) is 0. The smallest absolute Gasteiger partial charge is 0.309 e. The standard InChI is InChI=1S/C27H29F2N3O4/c1-15-11-21-23(24(33)30-26-7-9-27(10-8-26,25(34)35)16(2)13-26)17(3)31-32(21)22(12-15)36-14-18-19(28)5-4-6-20(18)29/h4-6,11-12,16H,7-10,13-14H2,1-3H3,(H,30,33)(H,34,35). The van der Waals surface area contributed by atoms with Gasteiger partial charge < -0.3 is 15.2 Å². The van der Waals surface area contributed by atoms with E-state index in [1.807, 2.05) is 19.9 Å². The summed E-state index contributed by atoms with van der Waals surface area (Å²) in [6.45, 7) is 5.20. The molecule has 2 bridgehead atoms. The second kappa shape index (κ2) is 8.57. The lowest BCUT2D eigenvalue weighted by molar-refractivity contribution is -0.162. The summed E-state index contributed by atoms with van der Waals surface area (Å²) >= 11 is 0. The van der Waals surface area contributed by atoms with E-state index in [1.54, 1.807) is 13.0 Å². The third kappa shape index (κ3) is 3.81. The van der Waals surface area contributed by atoms with Crippen LogP contribution in [0, 0.1) is 36.8 Å². The molecular formula is C27H29F2N3O4. The zero-order valence-electron chi connectivity index (χ0n) is 20.5. The number of nitrogens with one attached hydrogen (secondary N) is 1. The number of rotatable bonds is 6. The fourth-order valence-electron chi connectivity index (χ4n) is 6.12. The first-order valence-electron chi connectivity index (χ1n) is 12.2. The lowest BCUT2D eigenvalue weighted by atomic mass is 9.52. The van der Waals surface area contributed by atoms with E-state index in [0.717, 1.165) is 5.56 Å². The van der Waals surface area contributed by atoms with Crippen LogP contribution in [0.5, 0.6) is 5.88 Å². The van der Waals surface area contributed by atoms with Gasteiger partial charge in [-0.2, -0.15) is 9.61 Å². The molecule has 3 aromatic rings. The molecule has 3 aliphatic carbocycles. The van der Waals surface area contributed by atoms with Crippen LogP contribution < -0.4 is 10.1 Å². The van der Waals surface area contributed by atoms with Crippen molar-refractivity contribution in [2.75, 3.05) is 0 Å². The Morgan fingerprint density at radius 1 is 1.17 bits per heavy atom. The summed E-state index contributed by atoms with van der Waals surface area (Å²) in [5.41, 5.74) is 0.903. The van der Waals surface area contributed by atoms with Crippen molar-refractivity contribution in [3.8, 4) is 5.88 Å². The Hall–Kier alpha value is -3.49. The van der Waals surface area contributed by atoms with Gasteiger partial charge in [0.25, 0.3) is 5.91 Å². The van der Waals surface area contributed by atoms with E-state index in [9.17, 15) is 23.5 Å². The van der Waals surface area contributed by atoms with Gasteiger partial charge in [-0.3, -0.25) is 9.59 Å².